The van der Waals surface area contributed by atoms with E-state index in [4.69, 9.17) is 0 Å². The third-order valence-electron chi connectivity index (χ3n) is 1.52. The Kier molecular flexibility index (Phi) is 15.9. The van der Waals surface area contributed by atoms with Gasteiger partial charge < -0.3 is 51.8 Å². The Morgan fingerprint density at radius 2 is 0.633 bits per heavy atom. The molecule has 1 aromatic carbocycles. The Morgan fingerprint density at radius 3 is 0.767 bits per heavy atom. The molecule has 0 spiro atoms. The van der Waals surface area contributed by atoms with E-state index in [0.29, 0.717) is 12.1 Å². The van der Waals surface area contributed by atoms with Gasteiger partial charge in [-0.1, -0.05) is 6.07 Å². The molecule has 0 unspecified atom stereocenters. The second-order valence-corrected chi connectivity index (χ2v) is 4.06. The monoisotopic (exact) mass is 483 g/mol. The standard InChI is InChI=1S/C8H4F6.3BF4.Li.H/c9-7(10,11)5-2-1-3-6(4-5)8(12,13)14;3*2-1(3,4)5;;/h1-4H;;;;;/q;3*-1;;. The van der Waals surface area contributed by atoms with Crippen LogP contribution in [-0.4, -0.2) is 40.6 Å². The number of rotatable bonds is 0. The molecule has 0 atom stereocenters. The number of benzene rings is 1. The summed E-state index contributed by atoms with van der Waals surface area (Å²) in [6, 6.07) is 2.00. The summed E-state index contributed by atoms with van der Waals surface area (Å²) in [5, 5.41) is 0. The molecule has 0 saturated carbocycles. The Bertz CT molecular complexity index is 493. The SMILES string of the molecule is FC(F)(F)c1cccc(C(F)(F)F)c1.F[B-](F)(F)F.F[B-](F)(F)F.F[B-](F)(F)F.[LiH]. The first-order valence-electron chi connectivity index (χ1n) is 6.07. The molecule has 0 heterocycles. The molecule has 0 radical (unpaired) electrons. The van der Waals surface area contributed by atoms with E-state index in [1.807, 2.05) is 0 Å². The second-order valence-electron chi connectivity index (χ2n) is 4.06. The zero-order valence-electron chi connectivity index (χ0n) is 12.8. The van der Waals surface area contributed by atoms with Crippen molar-refractivity contribution >= 4 is 40.6 Å². The summed E-state index contributed by atoms with van der Waals surface area (Å²) in [6.07, 6.45) is -9.50. The molecule has 0 N–H and O–H groups in total. The van der Waals surface area contributed by atoms with Crippen LogP contribution in [0.2, 0.25) is 0 Å². The van der Waals surface area contributed by atoms with Crippen molar-refractivity contribution in [1.29, 1.82) is 0 Å². The van der Waals surface area contributed by atoms with Gasteiger partial charge in [-0.3, -0.25) is 0 Å². The number of hydrogen-bond donors (Lipinski definition) is 0. The minimum atomic E-state index is -6.00. The van der Waals surface area contributed by atoms with E-state index in [0.717, 1.165) is 6.07 Å². The topological polar surface area (TPSA) is 0 Å². The van der Waals surface area contributed by atoms with Gasteiger partial charge in [0.05, 0.1) is 11.1 Å². The van der Waals surface area contributed by atoms with Crippen LogP contribution in [0.25, 0.3) is 0 Å². The van der Waals surface area contributed by atoms with Gasteiger partial charge in [-0.2, -0.15) is 26.3 Å². The predicted octanol–water partition coefficient (Wildman–Crippen LogP) is 6.98. The van der Waals surface area contributed by atoms with Crippen LogP contribution >= 0.6 is 0 Å². The molecule has 176 valence electrons. The van der Waals surface area contributed by atoms with E-state index in [2.05, 4.69) is 0 Å². The Hall–Kier alpha value is -1.25. The number of halogens is 18. The van der Waals surface area contributed by atoms with Crippen molar-refractivity contribution in [1.82, 2.24) is 0 Å². The minimum absolute atomic E-state index is 0. The third kappa shape index (κ3) is 41.2. The molecule has 0 aromatic heterocycles. The Labute approximate surface area is 167 Å². The van der Waals surface area contributed by atoms with Crippen molar-refractivity contribution in [2.24, 2.45) is 0 Å². The molecule has 0 fully saturated rings. The molecule has 30 heavy (non-hydrogen) atoms. The number of hydrogen-bond acceptors (Lipinski definition) is 0. The van der Waals surface area contributed by atoms with E-state index in [1.165, 1.54) is 0 Å². The molecule has 0 aliphatic heterocycles. The fraction of sp³-hybridized carbons (Fsp3) is 0.250. The average Bonchev–Trinajstić information content (AvgIpc) is 2.30. The van der Waals surface area contributed by atoms with E-state index >= 15 is 0 Å². The maximum atomic E-state index is 12.0. The fourth-order valence-electron chi connectivity index (χ4n) is 0.872. The summed E-state index contributed by atoms with van der Waals surface area (Å²) in [6.45, 7) is 0. The maximum absolute atomic E-state index is 12.0. The Balaban J connectivity index is -0.000000176. The first-order valence-corrected chi connectivity index (χ1v) is 6.07. The molecular formula is C8H5B3F18Li-3. The van der Waals surface area contributed by atoms with Crippen molar-refractivity contribution in [2.75, 3.05) is 0 Å². The molecule has 0 aliphatic rings. The molecule has 0 bridgehead atoms. The molecule has 0 amide bonds. The van der Waals surface area contributed by atoms with Crippen LogP contribution in [0.4, 0.5) is 78.1 Å². The summed E-state index contributed by atoms with van der Waals surface area (Å²) < 4.78 is 189. The van der Waals surface area contributed by atoms with Crippen LogP contribution in [0.3, 0.4) is 0 Å². The average molecular weight is 482 g/mol. The molecule has 0 aliphatic carbocycles. The van der Waals surface area contributed by atoms with E-state index in [9.17, 15) is 78.1 Å². The van der Waals surface area contributed by atoms with Crippen LogP contribution in [0.15, 0.2) is 24.3 Å². The van der Waals surface area contributed by atoms with E-state index in [-0.39, 0.29) is 24.9 Å². The number of alkyl halides is 6. The first-order chi connectivity index (χ1) is 12.2. The van der Waals surface area contributed by atoms with Gasteiger partial charge in [-0.05, 0) is 18.2 Å². The summed E-state index contributed by atoms with van der Waals surface area (Å²) >= 11 is 0. The van der Waals surface area contributed by atoms with Crippen molar-refractivity contribution in [3.63, 3.8) is 0 Å². The summed E-state index contributed by atoms with van der Waals surface area (Å²) in [7, 11) is -18.0. The van der Waals surface area contributed by atoms with Crippen LogP contribution in [-0.2, 0) is 12.4 Å². The van der Waals surface area contributed by atoms with Gasteiger partial charge >= 0.3 is 53.0 Å². The third-order valence-corrected chi connectivity index (χ3v) is 1.52. The summed E-state index contributed by atoms with van der Waals surface area (Å²) in [4.78, 5) is 0. The normalized spacial score (nSPS) is 12.1. The van der Waals surface area contributed by atoms with Crippen LogP contribution in [0.1, 0.15) is 11.1 Å². The zero-order valence-corrected chi connectivity index (χ0v) is 12.8. The molecule has 0 nitrogen and oxygen atoms in total. The molecule has 1 rings (SSSR count). The molecule has 1 aromatic rings. The van der Waals surface area contributed by atoms with Gasteiger partial charge in [-0.15, -0.1) is 0 Å². The predicted molar refractivity (Wildman–Crippen MR) is 74.2 cm³/mol. The van der Waals surface area contributed by atoms with Crippen molar-refractivity contribution < 1.29 is 78.1 Å². The Morgan fingerprint density at radius 1 is 0.467 bits per heavy atom. The second kappa shape index (κ2) is 13.2. The molecular weight excluding hydrogens is 477 g/mol. The van der Waals surface area contributed by atoms with E-state index < -0.39 is 45.2 Å². The fourth-order valence-corrected chi connectivity index (χ4v) is 0.872. The van der Waals surface area contributed by atoms with Gasteiger partial charge in [-0.25, -0.2) is 0 Å². The zero-order chi connectivity index (χ0) is 24.5. The van der Waals surface area contributed by atoms with Gasteiger partial charge in [0.15, 0.2) is 0 Å². The van der Waals surface area contributed by atoms with Gasteiger partial charge in [0.2, 0.25) is 0 Å². The molecule has 22 heteroatoms. The van der Waals surface area contributed by atoms with E-state index in [1.54, 1.807) is 0 Å². The quantitative estimate of drug-likeness (QED) is 0.277. The van der Waals surface area contributed by atoms with Gasteiger partial charge in [0.25, 0.3) is 0 Å². The van der Waals surface area contributed by atoms with Crippen LogP contribution in [0.5, 0.6) is 0 Å². The van der Waals surface area contributed by atoms with Crippen molar-refractivity contribution in [2.45, 2.75) is 12.4 Å². The summed E-state index contributed by atoms with van der Waals surface area (Å²) in [5.74, 6) is 0. The van der Waals surface area contributed by atoms with Crippen molar-refractivity contribution in [3.8, 4) is 0 Å². The first kappa shape index (κ1) is 36.1. The van der Waals surface area contributed by atoms with Crippen LogP contribution < -0.4 is 0 Å². The van der Waals surface area contributed by atoms with Crippen LogP contribution in [0, 0.1) is 0 Å². The summed E-state index contributed by atoms with van der Waals surface area (Å²) in [5.41, 5.74) is -2.60. The van der Waals surface area contributed by atoms with Gasteiger partial charge in [0.1, 0.15) is 0 Å². The molecule has 0 saturated heterocycles. The van der Waals surface area contributed by atoms with Gasteiger partial charge in [0, 0.05) is 0 Å². The van der Waals surface area contributed by atoms with Crippen molar-refractivity contribution in [3.05, 3.63) is 35.4 Å².